The minimum Gasteiger partial charge on any atom is -0.456 e. The molecule has 3 aliphatic carbocycles. The van der Waals surface area contributed by atoms with Crippen LogP contribution in [0.1, 0.15) is 150 Å². The Morgan fingerprint density at radius 3 is 2.03 bits per heavy atom. The zero-order chi connectivity index (χ0) is 56.6. The Labute approximate surface area is 468 Å². The highest BCUT2D eigenvalue weighted by Gasteiger charge is 2.73. The van der Waals surface area contributed by atoms with Gasteiger partial charge in [0.15, 0.2) is 26.3 Å². The van der Waals surface area contributed by atoms with Crippen molar-refractivity contribution < 1.29 is 56.9 Å². The van der Waals surface area contributed by atoms with Crippen LogP contribution in [0.2, 0.25) is 34.8 Å². The van der Waals surface area contributed by atoms with Gasteiger partial charge in [0.1, 0.15) is 17.8 Å². The fourth-order valence-corrected chi connectivity index (χ4v) is 22.8. The van der Waals surface area contributed by atoms with E-state index in [1.807, 2.05) is 39.0 Å². The first-order valence-corrected chi connectivity index (χ1v) is 33.3. The van der Waals surface area contributed by atoms with Gasteiger partial charge in [-0.05, 0) is 139 Å². The number of esters is 3. The van der Waals surface area contributed by atoms with E-state index in [4.69, 9.17) is 27.8 Å². The van der Waals surface area contributed by atoms with Crippen molar-refractivity contribution in [3.63, 3.8) is 0 Å². The van der Waals surface area contributed by atoms with Gasteiger partial charge in [-0.2, -0.15) is 0 Å². The number of ether oxygens (including phenoxy) is 4. The van der Waals surface area contributed by atoms with Crippen molar-refractivity contribution in [1.82, 2.24) is 5.32 Å². The number of carbonyl (C=O) groups excluding carboxylic acids is 5. The lowest BCUT2D eigenvalue weighted by Crippen LogP contribution is -2.75. The fraction of sp³-hybridized carbons (Fsp3) is 0.617. The number of nitrogens with one attached hydrogen (secondary N) is 1. The number of carbonyl (C=O) groups is 5. The van der Waals surface area contributed by atoms with Crippen molar-refractivity contribution in [3.05, 3.63) is 98.2 Å². The summed E-state index contributed by atoms with van der Waals surface area (Å²) in [6.07, 6.45) is -3.35. The number of hydrogen-bond acceptors (Lipinski definition) is 12. The highest BCUT2D eigenvalue weighted by atomic mass is 127. The molecular weight excluding hydrogens is 1110 g/mol. The van der Waals surface area contributed by atoms with Gasteiger partial charge in [-0.15, -0.1) is 0 Å². The van der Waals surface area contributed by atoms with E-state index >= 15 is 9.59 Å². The smallest absolute Gasteiger partial charge is 0.338 e. The van der Waals surface area contributed by atoms with Crippen molar-refractivity contribution in [1.29, 1.82) is 0 Å². The second-order valence-electron chi connectivity index (χ2n) is 23.8. The number of rotatable bonds is 20. The van der Waals surface area contributed by atoms with Crippen LogP contribution in [-0.2, 0) is 42.2 Å². The Balaban J connectivity index is 1.62. The highest BCUT2D eigenvalue weighted by molar-refractivity contribution is 14.1. The Kier molecular flexibility index (Phi) is 19.3. The molecule has 13 nitrogen and oxygen atoms in total. The molecule has 0 aromatic heterocycles. The first-order chi connectivity index (χ1) is 35.5. The third kappa shape index (κ3) is 11.3. The predicted octanol–water partition coefficient (Wildman–Crippen LogP) is 12.1. The molecule has 418 valence electrons. The van der Waals surface area contributed by atoms with Gasteiger partial charge in [-0.1, -0.05) is 119 Å². The lowest BCUT2D eigenvalue weighted by molar-refractivity contribution is -0.275. The molecule has 3 fully saturated rings. The molecule has 1 amide bonds. The van der Waals surface area contributed by atoms with E-state index in [1.165, 1.54) is 6.92 Å². The number of amides is 1. The molecule has 2 aromatic carbocycles. The normalized spacial score (nSPS) is 28.0. The summed E-state index contributed by atoms with van der Waals surface area (Å²) in [5, 5.41) is 17.5. The van der Waals surface area contributed by atoms with Gasteiger partial charge in [0.05, 0.1) is 35.8 Å². The number of fused-ring (bicyclic) bond motifs is 5. The summed E-state index contributed by atoms with van der Waals surface area (Å²) in [5.74, 6) is -4.47. The summed E-state index contributed by atoms with van der Waals surface area (Å²) in [6, 6.07) is 15.3. The highest BCUT2D eigenvalue weighted by Crippen LogP contribution is 2.63. The molecule has 2 saturated carbocycles. The van der Waals surface area contributed by atoms with Crippen LogP contribution in [0.5, 0.6) is 0 Å². The monoisotopic (exact) mass is 1200 g/mol. The third-order valence-corrected chi connectivity index (χ3v) is 29.6. The Morgan fingerprint density at radius 1 is 0.895 bits per heavy atom. The number of aliphatic hydroxyl groups is 1. The summed E-state index contributed by atoms with van der Waals surface area (Å²) in [5.41, 5.74) is -2.33. The third-order valence-electron chi connectivity index (χ3n) is 18.2. The maximum Gasteiger partial charge on any atom is 0.338 e. The van der Waals surface area contributed by atoms with Gasteiger partial charge in [0.2, 0.25) is 8.32 Å². The SMILES string of the molecule is C=Cc1cccc(C(=O)O[C@H]2[C@@H]3[C@@H]4CO[C@@H]4C[C@H](O[Si](CC)(CC)CC)[C@@]3(C)C(=O)[C@H](OC(C)=O)C3=C(C)[C@@H](OC(=O)[C@H](O[Si](C(C)C)(C(C)C)C(C)C)[C@H](C=C(C)C)NC(=O)c4cccc(I)c4)C[C@]2(O)C3(C)C)c1. The van der Waals surface area contributed by atoms with E-state index in [0.717, 1.165) is 27.3 Å². The van der Waals surface area contributed by atoms with Gasteiger partial charge in [0.25, 0.3) is 5.91 Å². The minimum absolute atomic E-state index is 0.0167. The maximum atomic E-state index is 16.4. The van der Waals surface area contributed by atoms with Gasteiger partial charge in [-0.25, -0.2) is 9.59 Å². The molecule has 16 heteroatoms. The molecule has 1 saturated heterocycles. The Bertz CT molecular complexity index is 2550. The van der Waals surface area contributed by atoms with Crippen LogP contribution in [0.15, 0.2) is 77.9 Å². The predicted molar refractivity (Wildman–Crippen MR) is 310 cm³/mol. The summed E-state index contributed by atoms with van der Waals surface area (Å²) >= 11 is 2.16. The van der Waals surface area contributed by atoms with E-state index in [2.05, 4.69) is 96.8 Å². The molecule has 2 aromatic rings. The number of ketones is 1. The topological polar surface area (TPSA) is 173 Å². The molecule has 2 bridgehead atoms. The Hall–Kier alpha value is -3.79. The molecular formula is C60H86INO12Si2. The number of allylic oxidation sites excluding steroid dienone is 1. The zero-order valence-electron chi connectivity index (χ0n) is 48.0. The van der Waals surface area contributed by atoms with E-state index in [9.17, 15) is 19.5 Å². The standard InChI is InChI=1S/C60H86INO12Si2/c1-18-40-24-22-26-42(29-40)56(66)72-54-50-44-33-69-46(44)31-48(73-75(19-2,20-3)21-4)59(50,17)53(64)52(70-39(14)63)49-38(13)47(32-60(54,68)58(49,15)16)71-57(67)51(74-76(35(7)8,36(9)10)37(11)12)45(28-34(5)6)62-55(65)41-25-23-27-43(61)30-41/h18,22-30,35-37,44-48,50-52,54,68H,1,19-21,31-33H2,2-17H3,(H,62,65)/t44-,45+,46-,47+,48+,50+,51-,52-,54+,59-,60-/m1/s1. The van der Waals surface area contributed by atoms with Crippen molar-refractivity contribution >= 4 is 74.9 Å². The van der Waals surface area contributed by atoms with Gasteiger partial charge in [-0.3, -0.25) is 14.4 Å². The van der Waals surface area contributed by atoms with Crippen molar-refractivity contribution in [2.75, 3.05) is 6.61 Å². The van der Waals surface area contributed by atoms with Crippen molar-refractivity contribution in [2.45, 2.75) is 207 Å². The lowest BCUT2D eigenvalue weighted by atomic mass is 9.46. The van der Waals surface area contributed by atoms with E-state index < -0.39 is 117 Å². The summed E-state index contributed by atoms with van der Waals surface area (Å²) in [4.78, 5) is 75.1. The van der Waals surface area contributed by atoms with Crippen LogP contribution in [0.3, 0.4) is 0 Å². The van der Waals surface area contributed by atoms with Crippen LogP contribution in [0, 0.1) is 26.2 Å². The molecule has 0 unspecified atom stereocenters. The molecule has 6 rings (SSSR count). The summed E-state index contributed by atoms with van der Waals surface area (Å²) in [6.45, 7) is 35.3. The van der Waals surface area contributed by atoms with Crippen LogP contribution in [0.25, 0.3) is 6.08 Å². The van der Waals surface area contributed by atoms with E-state index in [-0.39, 0.29) is 40.8 Å². The first-order valence-electron chi connectivity index (χ1n) is 27.5. The molecule has 4 aliphatic rings. The first kappa shape index (κ1) is 61.4. The van der Waals surface area contributed by atoms with Crippen molar-refractivity contribution in [2.24, 2.45) is 22.7 Å². The number of benzene rings is 2. The summed E-state index contributed by atoms with van der Waals surface area (Å²) in [7, 11) is -5.48. The summed E-state index contributed by atoms with van der Waals surface area (Å²) < 4.78 is 42.0. The average Bonchev–Trinajstić information content (AvgIpc) is 3.37. The molecule has 11 atom stereocenters. The molecule has 0 spiro atoms. The number of hydrogen-bond donors (Lipinski definition) is 2. The van der Waals surface area contributed by atoms with E-state index in [1.54, 1.807) is 63.2 Å². The van der Waals surface area contributed by atoms with E-state index in [0.29, 0.717) is 23.1 Å². The van der Waals surface area contributed by atoms with Crippen molar-refractivity contribution in [3.8, 4) is 0 Å². The number of halogens is 1. The van der Waals surface area contributed by atoms with Crippen LogP contribution >= 0.6 is 22.6 Å². The zero-order valence-corrected chi connectivity index (χ0v) is 52.1. The molecule has 1 heterocycles. The second kappa shape index (κ2) is 23.9. The molecule has 0 radical (unpaired) electrons. The second-order valence-corrected chi connectivity index (χ2v) is 35.2. The maximum absolute atomic E-state index is 16.4. The fourth-order valence-electron chi connectivity index (χ4n) is 13.8. The Morgan fingerprint density at radius 2 is 1.50 bits per heavy atom. The number of Topliss-reactive ketones (excluding diaryl/α,β-unsaturated/α-hetero) is 1. The largest absolute Gasteiger partial charge is 0.456 e. The quantitative estimate of drug-likeness (QED) is 0.0423. The van der Waals surface area contributed by atoms with Gasteiger partial charge in [0, 0.05) is 39.7 Å². The molecule has 76 heavy (non-hydrogen) atoms. The lowest BCUT2D eigenvalue weighted by Gasteiger charge is -2.65. The molecule has 1 aliphatic heterocycles. The van der Waals surface area contributed by atoms with Gasteiger partial charge >= 0.3 is 17.9 Å². The van der Waals surface area contributed by atoms with Gasteiger partial charge < -0.3 is 38.2 Å². The molecule has 2 N–H and O–H groups in total. The van der Waals surface area contributed by atoms with Crippen LogP contribution in [-0.4, -0.2) is 106 Å². The van der Waals surface area contributed by atoms with Crippen LogP contribution in [0.4, 0.5) is 0 Å². The average molecular weight is 1200 g/mol. The van der Waals surface area contributed by atoms with Crippen LogP contribution < -0.4 is 5.32 Å². The minimum atomic E-state index is -2.97.